The smallest absolute Gasteiger partial charge is 0.326 e. The molecule has 43 heavy (non-hydrogen) atoms. The minimum atomic E-state index is -1.46. The third-order valence-electron chi connectivity index (χ3n) is 6.67. The highest BCUT2D eigenvalue weighted by molar-refractivity contribution is 5.95. The molecular weight excluding hydrogens is 562 g/mol. The third kappa shape index (κ3) is 9.67. The molecule has 16 heteroatoms. The number of hydrogen-bond acceptors (Lipinski definition) is 8. The molecule has 0 bridgehead atoms. The number of imidazole rings is 1. The zero-order chi connectivity index (χ0) is 31.5. The number of nitrogens with zero attached hydrogens (tertiary/aromatic N) is 1. The topological polar surface area (TPSA) is 281 Å². The number of nitrogens with one attached hydrogen (secondary N) is 5. The van der Waals surface area contributed by atoms with E-state index in [1.54, 1.807) is 12.3 Å². The predicted molar refractivity (Wildman–Crippen MR) is 153 cm³/mol. The number of amides is 5. The Labute approximate surface area is 245 Å². The Balaban J connectivity index is 1.83. The third-order valence-corrected chi connectivity index (χ3v) is 6.67. The second-order valence-electron chi connectivity index (χ2n) is 9.98. The number of aromatic amines is 2. The van der Waals surface area contributed by atoms with Gasteiger partial charge in [0, 0.05) is 54.7 Å². The molecule has 0 radical (unpaired) electrons. The van der Waals surface area contributed by atoms with Crippen LogP contribution in [0, 0.1) is 0 Å². The van der Waals surface area contributed by atoms with Gasteiger partial charge in [-0.3, -0.25) is 24.0 Å². The maximum absolute atomic E-state index is 13.5. The second kappa shape index (κ2) is 15.1. The highest BCUT2D eigenvalue weighted by atomic mass is 16.4. The summed E-state index contributed by atoms with van der Waals surface area (Å²) in [7, 11) is 0. The summed E-state index contributed by atoms with van der Waals surface area (Å²) in [5.74, 6) is -5.25. The number of nitrogens with two attached hydrogens (primary N) is 3. The van der Waals surface area contributed by atoms with Gasteiger partial charge in [-0.15, -0.1) is 0 Å². The van der Waals surface area contributed by atoms with E-state index in [4.69, 9.17) is 17.2 Å². The van der Waals surface area contributed by atoms with Gasteiger partial charge in [0.05, 0.1) is 12.4 Å². The van der Waals surface area contributed by atoms with E-state index in [1.807, 2.05) is 18.2 Å². The number of aromatic nitrogens is 3. The van der Waals surface area contributed by atoms with Gasteiger partial charge < -0.3 is 48.2 Å². The van der Waals surface area contributed by atoms with Crippen molar-refractivity contribution in [1.29, 1.82) is 0 Å². The molecule has 0 saturated heterocycles. The first-order valence-electron chi connectivity index (χ1n) is 13.4. The monoisotopic (exact) mass is 597 g/mol. The Hall–Kier alpha value is -5.25. The molecule has 2 heterocycles. The van der Waals surface area contributed by atoms with E-state index in [0.29, 0.717) is 11.3 Å². The van der Waals surface area contributed by atoms with Crippen molar-refractivity contribution in [1.82, 2.24) is 30.9 Å². The predicted octanol–water partition coefficient (Wildman–Crippen LogP) is -1.93. The first kappa shape index (κ1) is 32.3. The van der Waals surface area contributed by atoms with E-state index in [9.17, 15) is 33.9 Å². The molecule has 4 unspecified atom stereocenters. The van der Waals surface area contributed by atoms with Gasteiger partial charge in [-0.25, -0.2) is 9.78 Å². The summed E-state index contributed by atoms with van der Waals surface area (Å²) in [5.41, 5.74) is 18.4. The van der Waals surface area contributed by atoms with Crippen LogP contribution in [0.3, 0.4) is 0 Å². The van der Waals surface area contributed by atoms with E-state index in [2.05, 4.69) is 30.9 Å². The maximum atomic E-state index is 13.5. The summed E-state index contributed by atoms with van der Waals surface area (Å²) >= 11 is 0. The van der Waals surface area contributed by atoms with Crippen molar-refractivity contribution in [3.05, 3.63) is 54.2 Å². The molecule has 0 fully saturated rings. The van der Waals surface area contributed by atoms with Gasteiger partial charge >= 0.3 is 5.97 Å². The van der Waals surface area contributed by atoms with Crippen molar-refractivity contribution in [2.75, 3.05) is 0 Å². The zero-order valence-electron chi connectivity index (χ0n) is 23.2. The van der Waals surface area contributed by atoms with Gasteiger partial charge in [-0.2, -0.15) is 0 Å². The fraction of sp³-hybridized carbons (Fsp3) is 0.370. The molecule has 1 aromatic carbocycles. The van der Waals surface area contributed by atoms with Crippen LogP contribution in [0.25, 0.3) is 10.9 Å². The average molecular weight is 598 g/mol. The highest BCUT2D eigenvalue weighted by Gasteiger charge is 2.31. The number of para-hydroxylation sites is 1. The Kier molecular flexibility index (Phi) is 11.3. The number of carbonyl (C=O) groups is 6. The van der Waals surface area contributed by atoms with Gasteiger partial charge in [0.15, 0.2) is 0 Å². The van der Waals surface area contributed by atoms with Gasteiger partial charge in [0.25, 0.3) is 0 Å². The number of carbonyl (C=O) groups excluding carboxylic acids is 5. The second-order valence-corrected chi connectivity index (χ2v) is 9.98. The zero-order valence-corrected chi connectivity index (χ0v) is 23.2. The lowest BCUT2D eigenvalue weighted by Crippen LogP contribution is -2.58. The number of benzene rings is 1. The molecule has 5 amide bonds. The number of carboxylic acid groups (broad SMARTS) is 1. The molecule has 4 atom stereocenters. The molecule has 12 N–H and O–H groups in total. The van der Waals surface area contributed by atoms with Crippen LogP contribution in [0.4, 0.5) is 0 Å². The van der Waals surface area contributed by atoms with Crippen LogP contribution in [0.1, 0.15) is 36.9 Å². The van der Waals surface area contributed by atoms with Gasteiger partial charge in [0.1, 0.15) is 18.1 Å². The summed E-state index contributed by atoms with van der Waals surface area (Å²) in [5, 5.41) is 17.8. The van der Waals surface area contributed by atoms with E-state index in [0.717, 1.165) is 10.9 Å². The van der Waals surface area contributed by atoms with Gasteiger partial charge in [-0.1, -0.05) is 18.2 Å². The van der Waals surface area contributed by atoms with Gasteiger partial charge in [-0.05, 0) is 24.5 Å². The lowest BCUT2D eigenvalue weighted by molar-refractivity contribution is -0.142. The van der Waals surface area contributed by atoms with E-state index >= 15 is 0 Å². The average Bonchev–Trinajstić information content (AvgIpc) is 3.62. The summed E-state index contributed by atoms with van der Waals surface area (Å²) in [4.78, 5) is 84.0. The first-order chi connectivity index (χ1) is 20.4. The van der Waals surface area contributed by atoms with Crippen molar-refractivity contribution in [2.45, 2.75) is 62.7 Å². The minimum Gasteiger partial charge on any atom is -0.480 e. The van der Waals surface area contributed by atoms with Crippen molar-refractivity contribution < 1.29 is 33.9 Å². The molecule has 16 nitrogen and oxygen atoms in total. The van der Waals surface area contributed by atoms with Crippen LogP contribution in [-0.2, 0) is 41.6 Å². The lowest BCUT2D eigenvalue weighted by Gasteiger charge is -2.25. The fourth-order valence-corrected chi connectivity index (χ4v) is 4.38. The van der Waals surface area contributed by atoms with Crippen LogP contribution in [-0.4, -0.2) is 79.7 Å². The molecule has 0 aliphatic rings. The van der Waals surface area contributed by atoms with Crippen LogP contribution in [0.5, 0.6) is 0 Å². The minimum absolute atomic E-state index is 0.0699. The summed E-state index contributed by atoms with van der Waals surface area (Å²) in [6.45, 7) is 0. The largest absolute Gasteiger partial charge is 0.480 e. The fourth-order valence-electron chi connectivity index (χ4n) is 4.38. The SMILES string of the molecule is NC(=O)CCC(NC(=O)C(Cc1c[nH]c2ccccc12)NC(=O)C(CCC(N)=O)NC(=O)C(N)Cc1cnc[nH]1)C(=O)O. The molecular formula is C27H35N9O7. The Morgan fingerprint density at radius 3 is 2.05 bits per heavy atom. The number of rotatable bonds is 17. The number of hydrogen-bond donors (Lipinski definition) is 9. The molecule has 230 valence electrons. The van der Waals surface area contributed by atoms with E-state index in [-0.39, 0.29) is 38.5 Å². The number of aliphatic carboxylic acids is 1. The van der Waals surface area contributed by atoms with Crippen LogP contribution in [0.2, 0.25) is 0 Å². The van der Waals surface area contributed by atoms with E-state index in [1.165, 1.54) is 12.5 Å². The number of fused-ring (bicyclic) bond motifs is 1. The number of H-pyrrole nitrogens is 2. The Morgan fingerprint density at radius 1 is 0.814 bits per heavy atom. The van der Waals surface area contributed by atoms with Crippen molar-refractivity contribution in [3.63, 3.8) is 0 Å². The molecule has 0 spiro atoms. The molecule has 3 aromatic rings. The Bertz CT molecular complexity index is 1450. The summed E-state index contributed by atoms with van der Waals surface area (Å²) in [6.07, 6.45) is 3.56. The number of carboxylic acids is 1. The summed E-state index contributed by atoms with van der Waals surface area (Å²) < 4.78 is 0. The summed E-state index contributed by atoms with van der Waals surface area (Å²) in [6, 6.07) is 2.06. The molecule has 3 rings (SSSR count). The normalized spacial score (nSPS) is 13.8. The van der Waals surface area contributed by atoms with Crippen LogP contribution in [0.15, 0.2) is 43.0 Å². The molecule has 0 aliphatic carbocycles. The Morgan fingerprint density at radius 2 is 1.42 bits per heavy atom. The number of primary amides is 2. The molecule has 0 saturated carbocycles. The maximum Gasteiger partial charge on any atom is 0.326 e. The van der Waals surface area contributed by atoms with Crippen molar-refractivity contribution in [3.8, 4) is 0 Å². The van der Waals surface area contributed by atoms with E-state index < -0.39 is 59.7 Å². The van der Waals surface area contributed by atoms with Crippen molar-refractivity contribution >= 4 is 46.4 Å². The van der Waals surface area contributed by atoms with Crippen LogP contribution < -0.4 is 33.2 Å². The standard InChI is InChI=1S/C27H35N9O7/c28-17(10-15-12-31-13-33-15)24(39)34-19(5-7-22(29)37)25(40)36-21(9-14-11-32-18-4-2-1-3-16(14)18)26(41)35-20(27(42)43)6-8-23(30)38/h1-4,11-13,17,19-21,32H,5-10,28H2,(H2,29,37)(H2,30,38)(H,31,33)(H,34,39)(H,35,41)(H,36,40)(H,42,43). The lowest BCUT2D eigenvalue weighted by atomic mass is 10.0. The quantitative estimate of drug-likeness (QED) is 0.0836. The highest BCUT2D eigenvalue weighted by Crippen LogP contribution is 2.19. The molecule has 0 aliphatic heterocycles. The first-order valence-corrected chi connectivity index (χ1v) is 13.4. The molecule has 2 aromatic heterocycles. The van der Waals surface area contributed by atoms with Gasteiger partial charge in [0.2, 0.25) is 29.5 Å². The van der Waals surface area contributed by atoms with Crippen LogP contribution >= 0.6 is 0 Å². The van der Waals surface area contributed by atoms with Crippen molar-refractivity contribution in [2.24, 2.45) is 17.2 Å².